The standard InChI is InChI=1S/C13H18BrF3N2/c1-3-11(4-2)19(8-7-14)12-6-5-10(9-18-12)13(15,16)17/h5-6,9,11H,3-4,7-8H2,1-2H3. The maximum Gasteiger partial charge on any atom is 0.417 e. The van der Waals surface area contributed by atoms with Crippen molar-refractivity contribution in [2.45, 2.75) is 38.9 Å². The van der Waals surface area contributed by atoms with Gasteiger partial charge in [0.2, 0.25) is 0 Å². The van der Waals surface area contributed by atoms with Crippen molar-refractivity contribution >= 4 is 21.7 Å². The minimum Gasteiger partial charge on any atom is -0.353 e. The van der Waals surface area contributed by atoms with E-state index < -0.39 is 11.7 Å². The van der Waals surface area contributed by atoms with Gasteiger partial charge in [0.15, 0.2) is 0 Å². The van der Waals surface area contributed by atoms with Gasteiger partial charge in [-0.1, -0.05) is 29.8 Å². The highest BCUT2D eigenvalue weighted by Crippen LogP contribution is 2.29. The van der Waals surface area contributed by atoms with Crippen LogP contribution in [0, 0.1) is 0 Å². The Morgan fingerprint density at radius 3 is 2.26 bits per heavy atom. The van der Waals surface area contributed by atoms with E-state index in [1.807, 2.05) is 0 Å². The van der Waals surface area contributed by atoms with Gasteiger partial charge in [0, 0.05) is 24.1 Å². The molecule has 0 saturated heterocycles. The summed E-state index contributed by atoms with van der Waals surface area (Å²) in [6.07, 6.45) is -1.56. The van der Waals surface area contributed by atoms with Gasteiger partial charge in [-0.3, -0.25) is 0 Å². The summed E-state index contributed by atoms with van der Waals surface area (Å²) >= 11 is 3.37. The summed E-state index contributed by atoms with van der Waals surface area (Å²) in [6, 6.07) is 2.83. The van der Waals surface area contributed by atoms with Gasteiger partial charge in [-0.2, -0.15) is 13.2 Å². The number of aromatic nitrogens is 1. The molecule has 108 valence electrons. The fourth-order valence-corrected chi connectivity index (χ4v) is 2.41. The topological polar surface area (TPSA) is 16.1 Å². The Hall–Kier alpha value is -0.780. The first-order valence-corrected chi connectivity index (χ1v) is 7.42. The number of alkyl halides is 4. The Labute approximate surface area is 120 Å². The zero-order valence-corrected chi connectivity index (χ0v) is 12.6. The molecule has 1 heterocycles. The molecule has 6 heteroatoms. The molecule has 0 amide bonds. The van der Waals surface area contributed by atoms with Crippen LogP contribution in [-0.2, 0) is 6.18 Å². The molecule has 0 radical (unpaired) electrons. The van der Waals surface area contributed by atoms with Crippen molar-refractivity contribution in [3.8, 4) is 0 Å². The molecule has 0 unspecified atom stereocenters. The third-order valence-electron chi connectivity index (χ3n) is 3.08. The van der Waals surface area contributed by atoms with E-state index in [4.69, 9.17) is 0 Å². The molecule has 19 heavy (non-hydrogen) atoms. The SMILES string of the molecule is CCC(CC)N(CCBr)c1ccc(C(F)(F)F)cn1. The van der Waals surface area contributed by atoms with Gasteiger partial charge < -0.3 is 4.90 Å². The Bertz CT molecular complexity index is 374. The van der Waals surface area contributed by atoms with Crippen molar-refractivity contribution < 1.29 is 13.2 Å². The maximum atomic E-state index is 12.5. The van der Waals surface area contributed by atoms with Crippen molar-refractivity contribution in [1.82, 2.24) is 4.98 Å². The lowest BCUT2D eigenvalue weighted by molar-refractivity contribution is -0.137. The van der Waals surface area contributed by atoms with E-state index in [2.05, 4.69) is 39.7 Å². The lowest BCUT2D eigenvalue weighted by Gasteiger charge is -2.31. The predicted octanol–water partition coefficient (Wildman–Crippen LogP) is 4.49. The monoisotopic (exact) mass is 338 g/mol. The van der Waals surface area contributed by atoms with Crippen LogP contribution in [0.4, 0.5) is 19.0 Å². The minimum absolute atomic E-state index is 0.293. The summed E-state index contributed by atoms with van der Waals surface area (Å²) in [5.74, 6) is 0.598. The molecule has 0 aliphatic carbocycles. The maximum absolute atomic E-state index is 12.5. The largest absolute Gasteiger partial charge is 0.417 e. The Kier molecular flexibility index (Phi) is 6.10. The second-order valence-corrected chi connectivity index (χ2v) is 5.05. The molecular formula is C13H18BrF3N2. The smallest absolute Gasteiger partial charge is 0.353 e. The van der Waals surface area contributed by atoms with Crippen LogP contribution in [0.1, 0.15) is 32.3 Å². The summed E-state index contributed by atoms with van der Waals surface area (Å²) in [6.45, 7) is 4.86. The second-order valence-electron chi connectivity index (χ2n) is 4.26. The lowest BCUT2D eigenvalue weighted by Crippen LogP contribution is -2.36. The molecule has 1 aromatic rings. The predicted molar refractivity (Wildman–Crippen MR) is 74.7 cm³/mol. The Balaban J connectivity index is 2.97. The number of nitrogens with zero attached hydrogens (tertiary/aromatic N) is 2. The van der Waals surface area contributed by atoms with Gasteiger partial charge in [-0.25, -0.2) is 4.98 Å². The van der Waals surface area contributed by atoms with E-state index in [9.17, 15) is 13.2 Å². The van der Waals surface area contributed by atoms with Crippen LogP contribution in [0.2, 0.25) is 0 Å². The number of hydrogen-bond acceptors (Lipinski definition) is 2. The van der Waals surface area contributed by atoms with Crippen LogP contribution in [0.25, 0.3) is 0 Å². The van der Waals surface area contributed by atoms with E-state index in [0.717, 1.165) is 37.0 Å². The van der Waals surface area contributed by atoms with Crippen molar-refractivity contribution in [3.05, 3.63) is 23.9 Å². The van der Waals surface area contributed by atoms with Crippen LogP contribution in [0.15, 0.2) is 18.3 Å². The van der Waals surface area contributed by atoms with Crippen LogP contribution >= 0.6 is 15.9 Å². The van der Waals surface area contributed by atoms with E-state index in [1.54, 1.807) is 0 Å². The molecule has 0 bridgehead atoms. The molecule has 0 spiro atoms. The number of rotatable bonds is 6. The highest BCUT2D eigenvalue weighted by molar-refractivity contribution is 9.09. The molecule has 0 atom stereocenters. The molecule has 0 N–H and O–H groups in total. The lowest BCUT2D eigenvalue weighted by atomic mass is 10.1. The molecule has 1 aromatic heterocycles. The van der Waals surface area contributed by atoms with E-state index in [1.165, 1.54) is 6.07 Å². The Morgan fingerprint density at radius 1 is 1.26 bits per heavy atom. The fourth-order valence-electron chi connectivity index (χ4n) is 2.03. The van der Waals surface area contributed by atoms with Crippen LogP contribution in [0.5, 0.6) is 0 Å². The molecular weight excluding hydrogens is 321 g/mol. The van der Waals surface area contributed by atoms with Crippen LogP contribution in [-0.4, -0.2) is 22.9 Å². The van der Waals surface area contributed by atoms with E-state index >= 15 is 0 Å². The van der Waals surface area contributed by atoms with Gasteiger partial charge in [-0.05, 0) is 25.0 Å². The first-order chi connectivity index (χ1) is 8.93. The Morgan fingerprint density at radius 2 is 1.89 bits per heavy atom. The van der Waals surface area contributed by atoms with Crippen molar-refractivity contribution in [2.75, 3.05) is 16.8 Å². The second kappa shape index (κ2) is 7.12. The fraction of sp³-hybridized carbons (Fsp3) is 0.615. The van der Waals surface area contributed by atoms with E-state index in [0.29, 0.717) is 11.9 Å². The number of anilines is 1. The van der Waals surface area contributed by atoms with Gasteiger partial charge in [-0.15, -0.1) is 0 Å². The molecule has 1 rings (SSSR count). The van der Waals surface area contributed by atoms with Gasteiger partial charge >= 0.3 is 6.18 Å². The first kappa shape index (κ1) is 16.3. The van der Waals surface area contributed by atoms with Crippen LogP contribution in [0.3, 0.4) is 0 Å². The highest BCUT2D eigenvalue weighted by atomic mass is 79.9. The molecule has 0 aliphatic heterocycles. The highest BCUT2D eigenvalue weighted by Gasteiger charge is 2.31. The molecule has 0 saturated carbocycles. The number of hydrogen-bond donors (Lipinski definition) is 0. The molecule has 0 aliphatic rings. The zero-order chi connectivity index (χ0) is 14.5. The number of pyridine rings is 1. The third kappa shape index (κ3) is 4.37. The van der Waals surface area contributed by atoms with Crippen molar-refractivity contribution in [1.29, 1.82) is 0 Å². The van der Waals surface area contributed by atoms with E-state index in [-0.39, 0.29) is 0 Å². The summed E-state index contributed by atoms with van der Waals surface area (Å²) in [7, 11) is 0. The van der Waals surface area contributed by atoms with Gasteiger partial charge in [0.1, 0.15) is 5.82 Å². The average molecular weight is 339 g/mol. The summed E-state index contributed by atoms with van der Waals surface area (Å²) in [4.78, 5) is 6.02. The summed E-state index contributed by atoms with van der Waals surface area (Å²) < 4.78 is 37.5. The average Bonchev–Trinajstić information content (AvgIpc) is 2.38. The summed E-state index contributed by atoms with van der Waals surface area (Å²) in [5.41, 5.74) is -0.709. The normalized spacial score (nSPS) is 11.9. The van der Waals surface area contributed by atoms with Crippen LogP contribution < -0.4 is 4.90 Å². The first-order valence-electron chi connectivity index (χ1n) is 6.29. The van der Waals surface area contributed by atoms with Gasteiger partial charge in [0.25, 0.3) is 0 Å². The molecule has 0 fully saturated rings. The van der Waals surface area contributed by atoms with Gasteiger partial charge in [0.05, 0.1) is 5.56 Å². The zero-order valence-electron chi connectivity index (χ0n) is 11.0. The quantitative estimate of drug-likeness (QED) is 0.710. The number of halogens is 4. The summed E-state index contributed by atoms with van der Waals surface area (Å²) in [5, 5.41) is 0.756. The van der Waals surface area contributed by atoms with Crippen molar-refractivity contribution in [2.24, 2.45) is 0 Å². The third-order valence-corrected chi connectivity index (χ3v) is 3.43. The molecule has 0 aromatic carbocycles. The minimum atomic E-state index is -4.33. The molecule has 2 nitrogen and oxygen atoms in total. The van der Waals surface area contributed by atoms with Crippen molar-refractivity contribution in [3.63, 3.8) is 0 Å².